The van der Waals surface area contributed by atoms with E-state index in [0.29, 0.717) is 0 Å². The highest BCUT2D eigenvalue weighted by Crippen LogP contribution is 2.35. The van der Waals surface area contributed by atoms with Gasteiger partial charge in [-0.1, -0.05) is 11.6 Å². The van der Waals surface area contributed by atoms with Crippen LogP contribution in [-0.4, -0.2) is 25.5 Å². The lowest BCUT2D eigenvalue weighted by Crippen LogP contribution is -2.28. The highest BCUT2D eigenvalue weighted by Gasteiger charge is 2.38. The van der Waals surface area contributed by atoms with E-state index in [1.165, 1.54) is 6.92 Å². The van der Waals surface area contributed by atoms with E-state index in [4.69, 9.17) is 11.6 Å². The lowest BCUT2D eigenvalue weighted by molar-refractivity contribution is -0.141. The van der Waals surface area contributed by atoms with Crippen LogP contribution in [0.5, 0.6) is 0 Å². The highest BCUT2D eigenvalue weighted by atomic mass is 35.5. The number of nitrogens with zero attached hydrogens (tertiary/aromatic N) is 4. The molecule has 2 rings (SSSR count). The van der Waals surface area contributed by atoms with Crippen molar-refractivity contribution in [2.24, 2.45) is 7.05 Å². The lowest BCUT2D eigenvalue weighted by atomic mass is 10.2. The summed E-state index contributed by atoms with van der Waals surface area (Å²) in [5.41, 5.74) is 0.620. The number of amides is 1. The maximum atomic E-state index is 12.7. The third kappa shape index (κ3) is 3.66. The zero-order valence-electron chi connectivity index (χ0n) is 12.7. The summed E-state index contributed by atoms with van der Waals surface area (Å²) in [7, 11) is 1.77. The van der Waals surface area contributed by atoms with Crippen molar-refractivity contribution in [3.63, 3.8) is 0 Å². The molecule has 6 nitrogen and oxygen atoms in total. The second-order valence-electron chi connectivity index (χ2n) is 5.06. The van der Waals surface area contributed by atoms with Crippen LogP contribution in [0.2, 0.25) is 5.02 Å². The lowest BCUT2D eigenvalue weighted by Gasteiger charge is -2.07. The largest absolute Gasteiger partial charge is 0.436 e. The van der Waals surface area contributed by atoms with Crippen LogP contribution in [0.3, 0.4) is 0 Å². The standard InChI is InChI=1S/C13H15ClF3N5O/c1-7-9(5-19-21(7)3)4-18-10(23)6-22-8(2)11(14)12(20-22)13(15,16)17/h5H,4,6H2,1-3H3,(H,18,23). The smallest absolute Gasteiger partial charge is 0.350 e. The number of alkyl halides is 3. The third-order valence-electron chi connectivity index (χ3n) is 3.51. The van der Waals surface area contributed by atoms with Gasteiger partial charge in [0.15, 0.2) is 5.69 Å². The Morgan fingerprint density at radius 3 is 2.48 bits per heavy atom. The molecule has 2 aromatic heterocycles. The number of halogens is 4. The fourth-order valence-electron chi connectivity index (χ4n) is 1.96. The number of rotatable bonds is 4. The molecule has 0 aliphatic rings. The van der Waals surface area contributed by atoms with Crippen LogP contribution in [0.1, 0.15) is 22.6 Å². The summed E-state index contributed by atoms with van der Waals surface area (Å²) in [6.45, 7) is 3.12. The van der Waals surface area contributed by atoms with Gasteiger partial charge in [-0.25, -0.2) is 0 Å². The average Bonchev–Trinajstić information content (AvgIpc) is 2.92. The monoisotopic (exact) mass is 349 g/mol. The number of hydrogen-bond donors (Lipinski definition) is 1. The number of carbonyl (C=O) groups excluding carboxylic acids is 1. The maximum Gasteiger partial charge on any atom is 0.436 e. The molecule has 1 N–H and O–H groups in total. The van der Waals surface area contributed by atoms with E-state index in [9.17, 15) is 18.0 Å². The summed E-state index contributed by atoms with van der Waals surface area (Å²) in [6.07, 6.45) is -3.04. The molecule has 2 heterocycles. The van der Waals surface area contributed by atoms with Crippen molar-refractivity contribution in [1.29, 1.82) is 0 Å². The normalized spacial score (nSPS) is 11.8. The second kappa shape index (κ2) is 6.23. The second-order valence-corrected chi connectivity index (χ2v) is 5.44. The third-order valence-corrected chi connectivity index (χ3v) is 3.96. The summed E-state index contributed by atoms with van der Waals surface area (Å²) >= 11 is 5.63. The Morgan fingerprint density at radius 1 is 1.35 bits per heavy atom. The zero-order chi connectivity index (χ0) is 17.4. The SMILES string of the molecule is Cc1c(CNC(=O)Cn2nc(C(F)(F)F)c(Cl)c2C)cnn1C. The van der Waals surface area contributed by atoms with Crippen molar-refractivity contribution in [1.82, 2.24) is 24.9 Å². The first-order chi connectivity index (χ1) is 10.6. The minimum absolute atomic E-state index is 0.0895. The fraction of sp³-hybridized carbons (Fsp3) is 0.462. The Bertz CT molecular complexity index is 735. The van der Waals surface area contributed by atoms with E-state index in [2.05, 4.69) is 15.5 Å². The highest BCUT2D eigenvalue weighted by molar-refractivity contribution is 6.32. The van der Waals surface area contributed by atoms with E-state index in [-0.39, 0.29) is 18.8 Å². The van der Waals surface area contributed by atoms with Crippen LogP contribution in [0, 0.1) is 13.8 Å². The van der Waals surface area contributed by atoms with Gasteiger partial charge in [-0.3, -0.25) is 14.2 Å². The molecule has 10 heteroatoms. The molecule has 0 aromatic carbocycles. The van der Waals surface area contributed by atoms with Crippen molar-refractivity contribution < 1.29 is 18.0 Å². The molecule has 126 valence electrons. The van der Waals surface area contributed by atoms with Gasteiger partial charge >= 0.3 is 6.18 Å². The number of aryl methyl sites for hydroxylation is 1. The van der Waals surface area contributed by atoms with E-state index in [1.807, 2.05) is 6.92 Å². The molecule has 23 heavy (non-hydrogen) atoms. The molecule has 1 amide bonds. The van der Waals surface area contributed by atoms with Gasteiger partial charge in [0.05, 0.1) is 16.9 Å². The fourth-order valence-corrected chi connectivity index (χ4v) is 2.21. The average molecular weight is 350 g/mol. The summed E-state index contributed by atoms with van der Waals surface area (Å²) in [5, 5.41) is 9.55. The van der Waals surface area contributed by atoms with Gasteiger partial charge in [0.25, 0.3) is 0 Å². The molecule has 0 fully saturated rings. The Hall–Kier alpha value is -2.03. The summed E-state index contributed by atoms with van der Waals surface area (Å²) < 4.78 is 40.8. The van der Waals surface area contributed by atoms with Gasteiger partial charge in [0, 0.05) is 24.8 Å². The van der Waals surface area contributed by atoms with E-state index in [1.54, 1.807) is 17.9 Å². The summed E-state index contributed by atoms with van der Waals surface area (Å²) in [5.74, 6) is -0.468. The van der Waals surface area contributed by atoms with Crippen LogP contribution >= 0.6 is 11.6 Å². The number of hydrogen-bond acceptors (Lipinski definition) is 3. The van der Waals surface area contributed by atoms with Gasteiger partial charge in [0.1, 0.15) is 6.54 Å². The van der Waals surface area contributed by atoms with E-state index >= 15 is 0 Å². The van der Waals surface area contributed by atoms with Gasteiger partial charge in [-0.15, -0.1) is 0 Å². The zero-order valence-corrected chi connectivity index (χ0v) is 13.5. The minimum atomic E-state index is -4.66. The maximum absolute atomic E-state index is 12.7. The first kappa shape index (κ1) is 17.3. The molecular weight excluding hydrogens is 335 g/mol. The molecule has 0 bridgehead atoms. The molecular formula is C13H15ClF3N5O. The Labute approximate surface area is 135 Å². The molecule has 0 atom stereocenters. The Balaban J connectivity index is 2.05. The summed E-state index contributed by atoms with van der Waals surface area (Å²) in [4.78, 5) is 11.9. The van der Waals surface area contributed by atoms with Crippen LogP contribution in [0.15, 0.2) is 6.20 Å². The van der Waals surface area contributed by atoms with Crippen molar-refractivity contribution in [3.8, 4) is 0 Å². The Kier molecular flexibility index (Phi) is 4.69. The molecule has 0 spiro atoms. The van der Waals surface area contributed by atoms with Crippen molar-refractivity contribution >= 4 is 17.5 Å². The first-order valence-corrected chi connectivity index (χ1v) is 7.03. The number of nitrogens with one attached hydrogen (secondary N) is 1. The van der Waals surface area contributed by atoms with Crippen LogP contribution in [0.25, 0.3) is 0 Å². The number of aromatic nitrogens is 4. The topological polar surface area (TPSA) is 64.7 Å². The summed E-state index contributed by atoms with van der Waals surface area (Å²) in [6, 6.07) is 0. The predicted octanol–water partition coefficient (Wildman–Crippen LogP) is 2.22. The van der Waals surface area contributed by atoms with Crippen molar-refractivity contribution in [2.75, 3.05) is 0 Å². The van der Waals surface area contributed by atoms with Crippen molar-refractivity contribution in [2.45, 2.75) is 33.1 Å². The molecule has 0 saturated carbocycles. The van der Waals surface area contributed by atoms with Gasteiger partial charge in [0.2, 0.25) is 5.91 Å². The van der Waals surface area contributed by atoms with Crippen molar-refractivity contribution in [3.05, 3.63) is 33.9 Å². The minimum Gasteiger partial charge on any atom is -0.350 e. The molecule has 0 aliphatic heterocycles. The molecule has 0 radical (unpaired) electrons. The predicted molar refractivity (Wildman–Crippen MR) is 76.8 cm³/mol. The molecule has 0 saturated heterocycles. The van der Waals surface area contributed by atoms with Gasteiger partial charge in [-0.2, -0.15) is 23.4 Å². The quantitative estimate of drug-likeness (QED) is 0.920. The van der Waals surface area contributed by atoms with Crippen LogP contribution in [-0.2, 0) is 31.1 Å². The number of carbonyl (C=O) groups is 1. The van der Waals surface area contributed by atoms with Crippen LogP contribution < -0.4 is 5.32 Å². The van der Waals surface area contributed by atoms with Gasteiger partial charge < -0.3 is 5.32 Å². The Morgan fingerprint density at radius 2 is 2.00 bits per heavy atom. The van der Waals surface area contributed by atoms with Crippen LogP contribution in [0.4, 0.5) is 13.2 Å². The molecule has 0 unspecified atom stereocenters. The van der Waals surface area contributed by atoms with E-state index in [0.717, 1.165) is 15.9 Å². The molecule has 2 aromatic rings. The first-order valence-electron chi connectivity index (χ1n) is 6.65. The van der Waals surface area contributed by atoms with E-state index < -0.39 is 22.8 Å². The van der Waals surface area contributed by atoms with Gasteiger partial charge in [-0.05, 0) is 13.8 Å². The molecule has 0 aliphatic carbocycles.